The second-order valence-electron chi connectivity index (χ2n) is 6.57. The lowest BCUT2D eigenvalue weighted by Crippen LogP contribution is -2.22. The Morgan fingerprint density at radius 2 is 1.89 bits per heavy atom. The lowest BCUT2D eigenvalue weighted by Gasteiger charge is -2.12. The van der Waals surface area contributed by atoms with Gasteiger partial charge in [0.2, 0.25) is 5.95 Å². The van der Waals surface area contributed by atoms with Gasteiger partial charge in [-0.05, 0) is 23.6 Å². The summed E-state index contributed by atoms with van der Waals surface area (Å²) in [6.45, 7) is 0. The van der Waals surface area contributed by atoms with E-state index >= 15 is 0 Å². The van der Waals surface area contributed by atoms with Crippen LogP contribution in [0.5, 0.6) is 0 Å². The molecule has 2 aromatic heterocycles. The number of benzene rings is 1. The third-order valence-corrected chi connectivity index (χ3v) is 4.62. The number of nitrogens with zero attached hydrogens (tertiary/aromatic N) is 3. The minimum atomic E-state index is -0.419. The maximum atomic E-state index is 13.7. The van der Waals surface area contributed by atoms with E-state index in [2.05, 4.69) is 15.1 Å². The summed E-state index contributed by atoms with van der Waals surface area (Å²) < 4.78 is 19.1. The van der Waals surface area contributed by atoms with Crippen LogP contribution in [-0.4, -0.2) is 16.0 Å². The van der Waals surface area contributed by atoms with Gasteiger partial charge in [-0.15, -0.1) is 0 Å². The fourth-order valence-electron chi connectivity index (χ4n) is 3.14. The third-order valence-electron chi connectivity index (χ3n) is 4.62. The van der Waals surface area contributed by atoms with E-state index in [1.807, 2.05) is 36.4 Å². The number of hydrogen-bond acceptors (Lipinski definition) is 5. The van der Waals surface area contributed by atoms with E-state index < -0.39 is 5.95 Å². The summed E-state index contributed by atoms with van der Waals surface area (Å²) >= 11 is 0. The molecule has 136 valence electrons. The van der Waals surface area contributed by atoms with Crippen molar-refractivity contribution in [2.75, 3.05) is 0 Å². The lowest BCUT2D eigenvalue weighted by atomic mass is 9.98. The molecule has 1 unspecified atom stereocenters. The number of allylic oxidation sites excluding steroid dienone is 1. The van der Waals surface area contributed by atoms with E-state index in [0.717, 1.165) is 29.0 Å². The summed E-state index contributed by atoms with van der Waals surface area (Å²) in [5.41, 5.74) is 9.52. The Bertz CT molecular complexity index is 991. The lowest BCUT2D eigenvalue weighted by molar-refractivity contribution is 0.372. The number of pyridine rings is 1. The maximum absolute atomic E-state index is 13.7. The Morgan fingerprint density at radius 3 is 2.63 bits per heavy atom. The average Bonchev–Trinajstić information content (AvgIpc) is 3.14. The molecular weight excluding hydrogens is 343 g/mol. The second-order valence-corrected chi connectivity index (χ2v) is 6.57. The van der Waals surface area contributed by atoms with Crippen molar-refractivity contribution in [3.05, 3.63) is 95.0 Å². The summed E-state index contributed by atoms with van der Waals surface area (Å²) in [5, 5.41) is 4.16. The van der Waals surface area contributed by atoms with Gasteiger partial charge in [-0.3, -0.25) is 0 Å². The van der Waals surface area contributed by atoms with E-state index in [4.69, 9.17) is 10.3 Å². The van der Waals surface area contributed by atoms with Crippen molar-refractivity contribution in [3.63, 3.8) is 0 Å². The molecule has 0 spiro atoms. The Labute approximate surface area is 156 Å². The zero-order valence-electron chi connectivity index (χ0n) is 14.7. The molecule has 5 nitrogen and oxygen atoms in total. The number of hydrogen-bond donors (Lipinski definition) is 1. The summed E-state index contributed by atoms with van der Waals surface area (Å²) in [7, 11) is 0. The molecule has 1 aromatic carbocycles. The van der Waals surface area contributed by atoms with E-state index in [1.165, 1.54) is 6.20 Å². The highest BCUT2D eigenvalue weighted by atomic mass is 19.1. The first-order valence-corrected chi connectivity index (χ1v) is 8.80. The fourth-order valence-corrected chi connectivity index (χ4v) is 3.14. The molecule has 0 bridgehead atoms. The molecule has 3 heterocycles. The Kier molecular flexibility index (Phi) is 4.78. The van der Waals surface area contributed by atoms with Gasteiger partial charge in [0.15, 0.2) is 0 Å². The molecule has 0 radical (unpaired) electrons. The van der Waals surface area contributed by atoms with E-state index in [-0.39, 0.29) is 5.92 Å². The van der Waals surface area contributed by atoms with Gasteiger partial charge in [0.25, 0.3) is 0 Å². The van der Waals surface area contributed by atoms with Crippen LogP contribution in [0.2, 0.25) is 0 Å². The minimum Gasteiger partial charge on any atom is -0.387 e. The predicted octanol–water partition coefficient (Wildman–Crippen LogP) is 3.75. The van der Waals surface area contributed by atoms with Crippen molar-refractivity contribution >= 4 is 5.84 Å². The van der Waals surface area contributed by atoms with Gasteiger partial charge in [-0.2, -0.15) is 4.39 Å². The van der Waals surface area contributed by atoms with E-state index in [0.29, 0.717) is 24.2 Å². The monoisotopic (exact) mass is 362 g/mol. The van der Waals surface area contributed by atoms with Crippen molar-refractivity contribution < 1.29 is 8.91 Å². The normalized spacial score (nSPS) is 16.3. The molecule has 0 aliphatic carbocycles. The van der Waals surface area contributed by atoms with Crippen LogP contribution in [-0.2, 0) is 12.8 Å². The second kappa shape index (κ2) is 7.53. The molecule has 0 amide bonds. The highest BCUT2D eigenvalue weighted by molar-refractivity contribution is 5.88. The summed E-state index contributed by atoms with van der Waals surface area (Å²) in [6, 6.07) is 13.5. The van der Waals surface area contributed by atoms with Crippen molar-refractivity contribution in [1.82, 2.24) is 10.1 Å². The molecule has 0 saturated heterocycles. The van der Waals surface area contributed by atoms with Crippen LogP contribution in [0.1, 0.15) is 40.5 Å². The van der Waals surface area contributed by atoms with Crippen LogP contribution >= 0.6 is 0 Å². The smallest absolute Gasteiger partial charge is 0.216 e. The third kappa shape index (κ3) is 3.95. The van der Waals surface area contributed by atoms with Gasteiger partial charge in [-0.25, -0.2) is 9.98 Å². The summed E-state index contributed by atoms with van der Waals surface area (Å²) in [5.74, 6) is 0.816. The SMILES string of the molecule is NC1=NC=CCC1c1cc(Cc2ccc(Cc3cccnc3F)cc2)no1. The number of aromatic nitrogens is 2. The fraction of sp³-hybridized carbons (Fsp3) is 0.190. The maximum Gasteiger partial charge on any atom is 0.216 e. The predicted molar refractivity (Wildman–Crippen MR) is 101 cm³/mol. The summed E-state index contributed by atoms with van der Waals surface area (Å²) in [6.07, 6.45) is 7.07. The van der Waals surface area contributed by atoms with Crippen molar-refractivity contribution in [2.45, 2.75) is 25.2 Å². The van der Waals surface area contributed by atoms with Crippen LogP contribution in [0, 0.1) is 5.95 Å². The quantitative estimate of drug-likeness (QED) is 0.701. The van der Waals surface area contributed by atoms with Gasteiger partial charge >= 0.3 is 0 Å². The molecule has 1 aliphatic rings. The molecule has 2 N–H and O–H groups in total. The van der Waals surface area contributed by atoms with Gasteiger partial charge in [0.05, 0.1) is 11.6 Å². The van der Waals surface area contributed by atoms with Gasteiger partial charge < -0.3 is 10.3 Å². The first kappa shape index (κ1) is 17.1. The minimum absolute atomic E-state index is 0.0481. The standard InChI is InChI=1S/C21H19FN4O/c22-20-16(3-1-9-24-20)11-14-5-7-15(8-6-14)12-17-13-19(27-26-17)18-4-2-10-25-21(18)23/h1-3,5-10,13,18H,4,11-12H2,(H2,23,25). The first-order valence-electron chi connectivity index (χ1n) is 8.80. The largest absolute Gasteiger partial charge is 0.387 e. The molecule has 0 fully saturated rings. The molecule has 1 aliphatic heterocycles. The van der Waals surface area contributed by atoms with Crippen molar-refractivity contribution in [1.29, 1.82) is 0 Å². The number of nitrogens with two attached hydrogens (primary N) is 1. The van der Waals surface area contributed by atoms with Crippen LogP contribution < -0.4 is 5.73 Å². The topological polar surface area (TPSA) is 77.3 Å². The number of amidine groups is 1. The molecule has 0 saturated carbocycles. The molecule has 4 rings (SSSR count). The molecule has 1 atom stereocenters. The molecular formula is C21H19FN4O. The van der Waals surface area contributed by atoms with Crippen molar-refractivity contribution in [2.24, 2.45) is 10.7 Å². The highest BCUT2D eigenvalue weighted by Crippen LogP contribution is 2.25. The first-order chi connectivity index (χ1) is 13.2. The number of aliphatic imine (C=N–C) groups is 1. The Morgan fingerprint density at radius 1 is 1.11 bits per heavy atom. The van der Waals surface area contributed by atoms with E-state index in [1.54, 1.807) is 18.3 Å². The van der Waals surface area contributed by atoms with Crippen LogP contribution in [0.4, 0.5) is 4.39 Å². The Hall–Kier alpha value is -3.28. The van der Waals surface area contributed by atoms with E-state index in [9.17, 15) is 4.39 Å². The zero-order valence-corrected chi connectivity index (χ0v) is 14.7. The molecule has 27 heavy (non-hydrogen) atoms. The van der Waals surface area contributed by atoms with Gasteiger partial charge in [0, 0.05) is 36.9 Å². The highest BCUT2D eigenvalue weighted by Gasteiger charge is 2.21. The zero-order chi connectivity index (χ0) is 18.6. The van der Waals surface area contributed by atoms with Gasteiger partial charge in [-0.1, -0.05) is 41.6 Å². The number of halogens is 1. The van der Waals surface area contributed by atoms with Crippen LogP contribution in [0.15, 0.2) is 70.5 Å². The van der Waals surface area contributed by atoms with Crippen LogP contribution in [0.25, 0.3) is 0 Å². The van der Waals surface area contributed by atoms with Gasteiger partial charge in [0.1, 0.15) is 11.6 Å². The Balaban J connectivity index is 1.42. The average molecular weight is 362 g/mol. The van der Waals surface area contributed by atoms with Crippen LogP contribution in [0.3, 0.4) is 0 Å². The molecule has 6 heteroatoms. The summed E-state index contributed by atoms with van der Waals surface area (Å²) in [4.78, 5) is 7.81. The molecule has 3 aromatic rings. The van der Waals surface area contributed by atoms with Crippen molar-refractivity contribution in [3.8, 4) is 0 Å². The number of rotatable bonds is 5.